The highest BCUT2D eigenvalue weighted by Gasteiger charge is 2.43. The number of thioether (sulfide) groups is 1. The quantitative estimate of drug-likeness (QED) is 0.360. The molecule has 3 aliphatic heterocycles. The normalized spacial score (nSPS) is 23.3. The van der Waals surface area contributed by atoms with E-state index in [-0.39, 0.29) is 11.9 Å². The van der Waals surface area contributed by atoms with Gasteiger partial charge in [0, 0.05) is 37.8 Å². The summed E-state index contributed by atoms with van der Waals surface area (Å²) in [7, 11) is 6.81. The lowest BCUT2D eigenvalue weighted by atomic mass is 9.75. The molecule has 43 heavy (non-hydrogen) atoms. The Morgan fingerprint density at radius 3 is 2.09 bits per heavy atom. The smallest absolute Gasteiger partial charge is 0.218 e. The van der Waals surface area contributed by atoms with Crippen molar-refractivity contribution in [3.8, 4) is 23.0 Å². The predicted molar refractivity (Wildman–Crippen MR) is 176 cm³/mol. The maximum atomic E-state index is 11.5. The van der Waals surface area contributed by atoms with Crippen LogP contribution in [0.3, 0.4) is 0 Å². The fraction of sp³-hybridized carbons (Fsp3) is 0.576. The summed E-state index contributed by atoms with van der Waals surface area (Å²) in [6.07, 6.45) is 5.39. The van der Waals surface area contributed by atoms with Crippen LogP contribution < -0.4 is 24.7 Å². The highest BCUT2D eigenvalue weighted by atomic mass is 32.2. The van der Waals surface area contributed by atoms with Crippen LogP contribution in [0.2, 0.25) is 0 Å². The van der Waals surface area contributed by atoms with Gasteiger partial charge in [-0.3, -0.25) is 9.69 Å². The van der Waals surface area contributed by atoms with Crippen molar-refractivity contribution in [1.29, 1.82) is 0 Å². The van der Waals surface area contributed by atoms with Crippen LogP contribution in [0.5, 0.6) is 23.0 Å². The molecule has 0 bridgehead atoms. The first kappa shape index (κ1) is 31.7. The van der Waals surface area contributed by atoms with E-state index in [1.54, 1.807) is 40.2 Å². The van der Waals surface area contributed by atoms with Gasteiger partial charge in [-0.25, -0.2) is 0 Å². The average molecular weight is 628 g/mol. The zero-order valence-electron chi connectivity index (χ0n) is 26.0. The lowest BCUT2D eigenvalue weighted by Crippen LogP contribution is -2.44. The number of amides is 1. The van der Waals surface area contributed by atoms with E-state index in [4.69, 9.17) is 36.9 Å². The molecule has 4 unspecified atom stereocenters. The van der Waals surface area contributed by atoms with E-state index in [1.807, 2.05) is 0 Å². The van der Waals surface area contributed by atoms with Gasteiger partial charge in [-0.2, -0.15) is 0 Å². The van der Waals surface area contributed by atoms with E-state index in [9.17, 15) is 4.79 Å². The Hall–Kier alpha value is -2.69. The number of hydrogen-bond donors (Lipinski definition) is 1. The van der Waals surface area contributed by atoms with Crippen molar-refractivity contribution in [2.24, 2.45) is 17.6 Å². The Morgan fingerprint density at radius 2 is 1.49 bits per heavy atom. The Kier molecular flexibility index (Phi) is 10.3. The van der Waals surface area contributed by atoms with Crippen molar-refractivity contribution in [2.45, 2.75) is 57.5 Å². The number of primary amides is 1. The number of fused-ring (bicyclic) bond motifs is 4. The molecule has 3 heterocycles. The first-order chi connectivity index (χ1) is 20.8. The van der Waals surface area contributed by atoms with E-state index in [1.165, 1.54) is 22.3 Å². The number of carbonyl (C=O) groups is 1. The summed E-state index contributed by atoms with van der Waals surface area (Å²) < 4.78 is 23.7. The Morgan fingerprint density at radius 1 is 0.907 bits per heavy atom. The van der Waals surface area contributed by atoms with Gasteiger partial charge in [-0.1, -0.05) is 37.3 Å². The van der Waals surface area contributed by atoms with Crippen molar-refractivity contribution in [1.82, 2.24) is 9.80 Å². The molecule has 1 saturated heterocycles. The second-order valence-electron chi connectivity index (χ2n) is 11.7. The molecule has 5 rings (SSSR count). The number of thiocarbonyl (C=S) groups is 1. The van der Waals surface area contributed by atoms with Crippen LogP contribution in [-0.2, 0) is 17.6 Å². The monoisotopic (exact) mass is 627 g/mol. The summed E-state index contributed by atoms with van der Waals surface area (Å²) in [5.74, 6) is 4.26. The number of ether oxygens (including phenoxy) is 4. The molecule has 2 N–H and O–H groups in total. The fourth-order valence-electron chi connectivity index (χ4n) is 7.47. The molecular formula is C33H45N3O5S2. The summed E-state index contributed by atoms with van der Waals surface area (Å²) in [5.41, 5.74) is 10.7. The molecule has 0 radical (unpaired) electrons. The lowest BCUT2D eigenvalue weighted by Gasteiger charge is -2.45. The number of carbonyl (C=O) groups excluding carboxylic acids is 1. The largest absolute Gasteiger partial charge is 0.493 e. The molecule has 1 fully saturated rings. The van der Waals surface area contributed by atoms with Crippen molar-refractivity contribution >= 4 is 34.2 Å². The van der Waals surface area contributed by atoms with Crippen molar-refractivity contribution < 1.29 is 23.7 Å². The summed E-state index contributed by atoms with van der Waals surface area (Å²) in [5, 5.41) is 0. The molecule has 1 amide bonds. The van der Waals surface area contributed by atoms with Crippen LogP contribution in [0, 0.1) is 11.8 Å². The number of benzene rings is 2. The van der Waals surface area contributed by atoms with Gasteiger partial charge in [0.05, 0.1) is 34.5 Å². The van der Waals surface area contributed by atoms with Crippen molar-refractivity contribution in [2.75, 3.05) is 53.8 Å². The molecule has 0 saturated carbocycles. The van der Waals surface area contributed by atoms with Crippen molar-refractivity contribution in [3.63, 3.8) is 0 Å². The zero-order valence-corrected chi connectivity index (χ0v) is 27.7. The standard InChI is InChI=1S/C33H45N3O5S2/c1-6-20-19-35-12-9-21-15-27(38-2)29(40-4)17-24(21)26(35)8-7-23(20)32-25-18-30(41-5)28(39-3)16-22(25)10-13-36(32)33(42)43-14-11-31(34)37/h15-18,20,23,26,32H,6-14,19H2,1-5H3,(H2,34,37). The van der Waals surface area contributed by atoms with E-state index in [0.717, 1.165) is 79.1 Å². The van der Waals surface area contributed by atoms with Crippen LogP contribution in [0.1, 0.15) is 66.9 Å². The molecule has 0 aliphatic carbocycles. The van der Waals surface area contributed by atoms with Crippen LogP contribution >= 0.6 is 24.0 Å². The van der Waals surface area contributed by atoms with Gasteiger partial charge in [0.2, 0.25) is 5.91 Å². The molecule has 3 aliphatic rings. The average Bonchev–Trinajstić information content (AvgIpc) is 3.21. The number of hydrogen-bond acceptors (Lipinski definition) is 8. The lowest BCUT2D eigenvalue weighted by molar-refractivity contribution is -0.117. The number of nitrogens with zero attached hydrogens (tertiary/aromatic N) is 2. The van der Waals surface area contributed by atoms with E-state index in [2.05, 4.69) is 41.0 Å². The van der Waals surface area contributed by atoms with Gasteiger partial charge in [-0.05, 0) is 84.0 Å². The van der Waals surface area contributed by atoms with Crippen LogP contribution in [0.15, 0.2) is 24.3 Å². The Balaban J connectivity index is 1.53. The first-order valence-electron chi connectivity index (χ1n) is 15.3. The van der Waals surface area contributed by atoms with Gasteiger partial charge in [0.15, 0.2) is 23.0 Å². The van der Waals surface area contributed by atoms with Crippen LogP contribution in [0.4, 0.5) is 0 Å². The maximum absolute atomic E-state index is 11.5. The number of nitrogens with two attached hydrogens (primary N) is 1. The highest BCUT2D eigenvalue weighted by molar-refractivity contribution is 8.22. The predicted octanol–water partition coefficient (Wildman–Crippen LogP) is 5.55. The van der Waals surface area contributed by atoms with E-state index in [0.29, 0.717) is 30.1 Å². The molecule has 2 aromatic rings. The number of methoxy groups -OCH3 is 4. The first-order valence-corrected chi connectivity index (χ1v) is 16.7. The van der Waals surface area contributed by atoms with Gasteiger partial charge >= 0.3 is 0 Å². The van der Waals surface area contributed by atoms with Gasteiger partial charge < -0.3 is 29.6 Å². The topological polar surface area (TPSA) is 86.5 Å². The number of rotatable bonds is 9. The van der Waals surface area contributed by atoms with Gasteiger partial charge in [-0.15, -0.1) is 0 Å². The molecular weight excluding hydrogens is 583 g/mol. The molecule has 2 aromatic carbocycles. The van der Waals surface area contributed by atoms with Crippen LogP contribution in [0.25, 0.3) is 0 Å². The molecule has 0 aromatic heterocycles. The van der Waals surface area contributed by atoms with E-state index >= 15 is 0 Å². The third-order valence-electron chi connectivity index (χ3n) is 9.62. The fourth-order valence-corrected chi connectivity index (χ4v) is 8.78. The minimum atomic E-state index is -0.298. The summed E-state index contributed by atoms with van der Waals surface area (Å²) in [6, 6.07) is 9.15. The van der Waals surface area contributed by atoms with Gasteiger partial charge in [0.1, 0.15) is 4.32 Å². The molecule has 0 spiro atoms. The summed E-state index contributed by atoms with van der Waals surface area (Å²) in [6.45, 7) is 5.23. The minimum absolute atomic E-state index is 0.105. The maximum Gasteiger partial charge on any atom is 0.218 e. The Labute approximate surface area is 265 Å². The Bertz CT molecular complexity index is 1340. The zero-order chi connectivity index (χ0) is 30.7. The van der Waals surface area contributed by atoms with Gasteiger partial charge in [0.25, 0.3) is 0 Å². The molecule has 234 valence electrons. The highest BCUT2D eigenvalue weighted by Crippen LogP contribution is 2.50. The third-order valence-corrected chi connectivity index (χ3v) is 11.1. The van der Waals surface area contributed by atoms with Crippen LogP contribution in [-0.4, -0.2) is 73.9 Å². The van der Waals surface area contributed by atoms with E-state index < -0.39 is 0 Å². The molecule has 10 heteroatoms. The summed E-state index contributed by atoms with van der Waals surface area (Å²) >= 11 is 7.64. The molecule has 4 atom stereocenters. The SMILES string of the molecule is CCC1CN2CCc3cc(OC)c(OC)cc3C2CCC1C1c2cc(OC)c(OC)cc2CCN1C(=S)SCCC(N)=O. The van der Waals surface area contributed by atoms with Crippen molar-refractivity contribution in [3.05, 3.63) is 46.5 Å². The summed E-state index contributed by atoms with van der Waals surface area (Å²) in [4.78, 5) is 16.6. The second kappa shape index (κ2) is 13.9. The molecule has 8 nitrogen and oxygen atoms in total. The third kappa shape index (κ3) is 6.42. The minimum Gasteiger partial charge on any atom is -0.493 e. The second-order valence-corrected chi connectivity index (χ2v) is 13.4.